The van der Waals surface area contributed by atoms with Gasteiger partial charge in [0.15, 0.2) is 4.34 Å². The molecule has 7 heteroatoms. The number of carboxylic acids is 1. The van der Waals surface area contributed by atoms with Crippen molar-refractivity contribution < 1.29 is 14.7 Å². The second-order valence-corrected chi connectivity index (χ2v) is 7.28. The van der Waals surface area contributed by atoms with Crippen LogP contribution in [0, 0.1) is 0 Å². The molecule has 1 amide bonds. The number of hydrogen-bond acceptors (Lipinski definition) is 5. The molecule has 0 saturated heterocycles. The SMILES string of the molecule is O=C(O)c1ccccc1C(=O)NCCSc1nc2ccccc2s1. The van der Waals surface area contributed by atoms with Crippen LogP contribution in [0.2, 0.25) is 0 Å². The Morgan fingerprint density at radius 2 is 1.79 bits per heavy atom. The lowest BCUT2D eigenvalue weighted by atomic mass is 10.1. The quantitative estimate of drug-likeness (QED) is 0.521. The van der Waals surface area contributed by atoms with E-state index in [-0.39, 0.29) is 17.0 Å². The third kappa shape index (κ3) is 3.74. The Balaban J connectivity index is 1.55. The molecule has 1 heterocycles. The molecular formula is C17H14N2O3S2. The number of amides is 1. The third-order valence-electron chi connectivity index (χ3n) is 3.29. The van der Waals surface area contributed by atoms with Gasteiger partial charge in [0.1, 0.15) is 0 Å². The van der Waals surface area contributed by atoms with Crippen LogP contribution in [-0.4, -0.2) is 34.3 Å². The van der Waals surface area contributed by atoms with Crippen molar-refractivity contribution in [2.45, 2.75) is 4.34 Å². The molecule has 1 aromatic heterocycles. The van der Waals surface area contributed by atoms with Crippen LogP contribution in [0.4, 0.5) is 0 Å². The number of aromatic carboxylic acids is 1. The number of rotatable bonds is 6. The highest BCUT2D eigenvalue weighted by Crippen LogP contribution is 2.28. The van der Waals surface area contributed by atoms with E-state index in [0.29, 0.717) is 12.3 Å². The largest absolute Gasteiger partial charge is 0.478 e. The number of nitrogens with one attached hydrogen (secondary N) is 1. The first-order chi connectivity index (χ1) is 11.6. The number of thiazole rings is 1. The van der Waals surface area contributed by atoms with E-state index in [1.165, 1.54) is 12.1 Å². The van der Waals surface area contributed by atoms with Gasteiger partial charge in [-0.05, 0) is 24.3 Å². The minimum Gasteiger partial charge on any atom is -0.478 e. The lowest BCUT2D eigenvalue weighted by Gasteiger charge is -2.06. The molecule has 122 valence electrons. The zero-order valence-corrected chi connectivity index (χ0v) is 14.2. The van der Waals surface area contributed by atoms with Gasteiger partial charge in [-0.3, -0.25) is 4.79 Å². The first kappa shape index (κ1) is 16.5. The average Bonchev–Trinajstić information content (AvgIpc) is 3.01. The fourth-order valence-corrected chi connectivity index (χ4v) is 4.17. The summed E-state index contributed by atoms with van der Waals surface area (Å²) >= 11 is 3.19. The van der Waals surface area contributed by atoms with E-state index in [1.807, 2.05) is 24.3 Å². The Labute approximate surface area is 146 Å². The molecule has 0 saturated carbocycles. The second kappa shape index (κ2) is 7.46. The van der Waals surface area contributed by atoms with Gasteiger partial charge in [0.05, 0.1) is 21.3 Å². The van der Waals surface area contributed by atoms with Gasteiger partial charge >= 0.3 is 5.97 Å². The van der Waals surface area contributed by atoms with Crippen molar-refractivity contribution in [3.05, 3.63) is 59.7 Å². The first-order valence-corrected chi connectivity index (χ1v) is 9.04. The molecule has 2 aromatic carbocycles. The summed E-state index contributed by atoms with van der Waals surface area (Å²) in [6.45, 7) is 0.438. The van der Waals surface area contributed by atoms with Crippen molar-refractivity contribution in [3.63, 3.8) is 0 Å². The summed E-state index contributed by atoms with van der Waals surface area (Å²) in [4.78, 5) is 27.8. The summed E-state index contributed by atoms with van der Waals surface area (Å²) in [5, 5.41) is 11.9. The van der Waals surface area contributed by atoms with Crippen LogP contribution in [0.15, 0.2) is 52.9 Å². The number of para-hydroxylation sites is 1. The van der Waals surface area contributed by atoms with Crippen LogP contribution in [0.3, 0.4) is 0 Å². The van der Waals surface area contributed by atoms with Gasteiger partial charge in [0, 0.05) is 12.3 Å². The molecule has 24 heavy (non-hydrogen) atoms. The fourth-order valence-electron chi connectivity index (χ4n) is 2.18. The van der Waals surface area contributed by atoms with Gasteiger partial charge in [0.25, 0.3) is 5.91 Å². The van der Waals surface area contributed by atoms with E-state index in [2.05, 4.69) is 10.3 Å². The van der Waals surface area contributed by atoms with E-state index < -0.39 is 5.97 Å². The van der Waals surface area contributed by atoms with E-state index in [1.54, 1.807) is 35.2 Å². The Morgan fingerprint density at radius 3 is 2.54 bits per heavy atom. The second-order valence-electron chi connectivity index (χ2n) is 4.90. The molecule has 2 N–H and O–H groups in total. The number of carbonyl (C=O) groups is 2. The maximum atomic E-state index is 12.1. The lowest BCUT2D eigenvalue weighted by Crippen LogP contribution is -2.27. The van der Waals surface area contributed by atoms with Crippen LogP contribution in [0.25, 0.3) is 10.2 Å². The minimum atomic E-state index is -1.11. The zero-order chi connectivity index (χ0) is 16.9. The number of benzene rings is 2. The Morgan fingerprint density at radius 1 is 1.08 bits per heavy atom. The molecule has 0 unspecified atom stereocenters. The van der Waals surface area contributed by atoms with Crippen LogP contribution in [0.1, 0.15) is 20.7 Å². The Hall–Kier alpha value is -2.38. The van der Waals surface area contributed by atoms with Gasteiger partial charge in [-0.2, -0.15) is 0 Å². The predicted molar refractivity (Wildman–Crippen MR) is 96.1 cm³/mol. The molecule has 3 rings (SSSR count). The van der Waals surface area contributed by atoms with Crippen molar-refractivity contribution in [2.75, 3.05) is 12.3 Å². The summed E-state index contributed by atoms with van der Waals surface area (Å²) in [5.74, 6) is -0.816. The lowest BCUT2D eigenvalue weighted by molar-refractivity contribution is 0.0691. The van der Waals surface area contributed by atoms with E-state index in [9.17, 15) is 9.59 Å². The number of carbonyl (C=O) groups excluding carboxylic acids is 1. The monoisotopic (exact) mass is 358 g/mol. The molecule has 0 atom stereocenters. The molecule has 5 nitrogen and oxygen atoms in total. The highest BCUT2D eigenvalue weighted by molar-refractivity contribution is 8.01. The van der Waals surface area contributed by atoms with Crippen LogP contribution in [0.5, 0.6) is 0 Å². The summed E-state index contributed by atoms with van der Waals surface area (Å²) in [6.07, 6.45) is 0. The van der Waals surface area contributed by atoms with Crippen molar-refractivity contribution in [2.24, 2.45) is 0 Å². The number of carboxylic acid groups (broad SMARTS) is 1. The zero-order valence-electron chi connectivity index (χ0n) is 12.6. The number of thioether (sulfide) groups is 1. The molecule has 0 spiro atoms. The number of fused-ring (bicyclic) bond motifs is 1. The third-order valence-corrected chi connectivity index (χ3v) is 5.47. The summed E-state index contributed by atoms with van der Waals surface area (Å²) in [6, 6.07) is 14.1. The normalized spacial score (nSPS) is 10.7. The van der Waals surface area contributed by atoms with E-state index in [0.717, 1.165) is 14.6 Å². The molecule has 0 bridgehead atoms. The summed E-state index contributed by atoms with van der Waals surface area (Å²) < 4.78 is 2.09. The highest BCUT2D eigenvalue weighted by atomic mass is 32.2. The standard InChI is InChI=1S/C17H14N2O3S2/c20-15(11-5-1-2-6-12(11)16(21)22)18-9-10-23-17-19-13-7-3-4-8-14(13)24-17/h1-8H,9-10H2,(H,18,20)(H,21,22). The Bertz CT molecular complexity index is 859. The minimum absolute atomic E-state index is 0.00817. The molecule has 0 aliphatic heterocycles. The Kier molecular flexibility index (Phi) is 5.12. The summed E-state index contributed by atoms with van der Waals surface area (Å²) in [7, 11) is 0. The fraction of sp³-hybridized carbons (Fsp3) is 0.118. The van der Waals surface area contributed by atoms with Crippen LogP contribution >= 0.6 is 23.1 Å². The van der Waals surface area contributed by atoms with Crippen molar-refractivity contribution >= 4 is 45.2 Å². The van der Waals surface area contributed by atoms with Crippen molar-refractivity contribution in [3.8, 4) is 0 Å². The maximum Gasteiger partial charge on any atom is 0.336 e. The van der Waals surface area contributed by atoms with Gasteiger partial charge in [-0.15, -0.1) is 11.3 Å². The first-order valence-electron chi connectivity index (χ1n) is 7.24. The van der Waals surface area contributed by atoms with Gasteiger partial charge in [-0.25, -0.2) is 9.78 Å². The molecule has 0 fully saturated rings. The smallest absolute Gasteiger partial charge is 0.336 e. The highest BCUT2D eigenvalue weighted by Gasteiger charge is 2.15. The molecule has 0 radical (unpaired) electrons. The van der Waals surface area contributed by atoms with Gasteiger partial charge in [0.2, 0.25) is 0 Å². The molecule has 3 aromatic rings. The van der Waals surface area contributed by atoms with E-state index >= 15 is 0 Å². The number of hydrogen-bond donors (Lipinski definition) is 2. The van der Waals surface area contributed by atoms with Crippen molar-refractivity contribution in [1.29, 1.82) is 0 Å². The van der Waals surface area contributed by atoms with Gasteiger partial charge in [-0.1, -0.05) is 36.0 Å². The molecule has 0 aliphatic carbocycles. The molecular weight excluding hydrogens is 344 g/mol. The van der Waals surface area contributed by atoms with Gasteiger partial charge < -0.3 is 10.4 Å². The predicted octanol–water partition coefficient (Wildman–Crippen LogP) is 3.52. The van der Waals surface area contributed by atoms with Crippen LogP contribution < -0.4 is 5.32 Å². The maximum absolute atomic E-state index is 12.1. The number of nitrogens with zero attached hydrogens (tertiary/aromatic N) is 1. The molecule has 0 aliphatic rings. The van der Waals surface area contributed by atoms with Crippen LogP contribution in [-0.2, 0) is 0 Å². The van der Waals surface area contributed by atoms with E-state index in [4.69, 9.17) is 5.11 Å². The topological polar surface area (TPSA) is 79.3 Å². The average molecular weight is 358 g/mol. The summed E-state index contributed by atoms with van der Waals surface area (Å²) in [5.41, 5.74) is 1.16. The number of aromatic nitrogens is 1. The van der Waals surface area contributed by atoms with Crippen molar-refractivity contribution in [1.82, 2.24) is 10.3 Å².